The lowest BCUT2D eigenvalue weighted by Crippen LogP contribution is -2.46. The summed E-state index contributed by atoms with van der Waals surface area (Å²) in [6.07, 6.45) is 2.89. The highest BCUT2D eigenvalue weighted by molar-refractivity contribution is 6.01. The van der Waals surface area contributed by atoms with E-state index in [1.807, 2.05) is 54.3 Å². The third-order valence-electron chi connectivity index (χ3n) is 6.37. The number of fused-ring (bicyclic) bond motifs is 1. The summed E-state index contributed by atoms with van der Waals surface area (Å²) in [6.45, 7) is 5.80. The van der Waals surface area contributed by atoms with Crippen molar-refractivity contribution < 1.29 is 14.3 Å². The van der Waals surface area contributed by atoms with E-state index >= 15 is 0 Å². The summed E-state index contributed by atoms with van der Waals surface area (Å²) in [5.74, 6) is -0.0451. The van der Waals surface area contributed by atoms with Crippen LogP contribution in [0.5, 0.6) is 0 Å². The number of nitrogens with zero attached hydrogens (tertiary/aromatic N) is 2. The van der Waals surface area contributed by atoms with Crippen LogP contribution in [-0.2, 0) is 15.1 Å². The maximum atomic E-state index is 12.7. The molecule has 6 nitrogen and oxygen atoms in total. The van der Waals surface area contributed by atoms with E-state index in [0.717, 1.165) is 62.3 Å². The minimum absolute atomic E-state index is 0.0996. The highest BCUT2D eigenvalue weighted by atomic mass is 16.6. The predicted molar refractivity (Wildman–Crippen MR) is 121 cm³/mol. The van der Waals surface area contributed by atoms with E-state index in [1.165, 1.54) is 0 Å². The fourth-order valence-electron chi connectivity index (χ4n) is 4.53. The molecule has 1 N–H and O–H groups in total. The molecule has 2 heterocycles. The minimum Gasteiger partial charge on any atom is -0.454 e. The average molecular weight is 422 g/mol. The molecule has 1 fully saturated rings. The van der Waals surface area contributed by atoms with Gasteiger partial charge in [-0.15, -0.1) is 0 Å². The first-order valence-corrected chi connectivity index (χ1v) is 11.2. The van der Waals surface area contributed by atoms with E-state index in [2.05, 4.69) is 22.3 Å². The van der Waals surface area contributed by atoms with Gasteiger partial charge >= 0.3 is 5.97 Å². The Balaban J connectivity index is 1.30. The largest absolute Gasteiger partial charge is 0.454 e. The van der Waals surface area contributed by atoms with Crippen molar-refractivity contribution in [3.63, 3.8) is 0 Å². The number of amides is 1. The first-order valence-electron chi connectivity index (χ1n) is 11.2. The van der Waals surface area contributed by atoms with Crippen molar-refractivity contribution in [2.24, 2.45) is 0 Å². The molecule has 2 aliphatic heterocycles. The fraction of sp³-hybridized carbons (Fsp3) is 0.440. The van der Waals surface area contributed by atoms with Gasteiger partial charge in [0.2, 0.25) is 0 Å². The van der Waals surface area contributed by atoms with Crippen molar-refractivity contribution >= 4 is 17.6 Å². The van der Waals surface area contributed by atoms with Gasteiger partial charge in [0.25, 0.3) is 5.91 Å². The fourth-order valence-corrected chi connectivity index (χ4v) is 4.53. The van der Waals surface area contributed by atoms with Crippen LogP contribution >= 0.6 is 0 Å². The van der Waals surface area contributed by atoms with Crippen LogP contribution in [0.25, 0.3) is 0 Å². The summed E-state index contributed by atoms with van der Waals surface area (Å²) >= 11 is 0. The minimum atomic E-state index is -0.526. The molecule has 2 aliphatic rings. The summed E-state index contributed by atoms with van der Waals surface area (Å²) in [7, 11) is 0. The molecule has 0 radical (unpaired) electrons. The van der Waals surface area contributed by atoms with Crippen LogP contribution in [-0.4, -0.2) is 54.5 Å². The molecule has 2 aromatic carbocycles. The molecule has 0 spiro atoms. The summed E-state index contributed by atoms with van der Waals surface area (Å²) in [6, 6.07) is 17.8. The molecule has 4 rings (SSSR count). The number of piperidine rings is 1. The van der Waals surface area contributed by atoms with Crippen molar-refractivity contribution in [1.82, 2.24) is 9.80 Å². The Hall–Kier alpha value is -2.86. The summed E-state index contributed by atoms with van der Waals surface area (Å²) in [5.41, 5.74) is 2.22. The van der Waals surface area contributed by atoms with E-state index in [0.29, 0.717) is 13.1 Å². The zero-order valence-electron chi connectivity index (χ0n) is 18.2. The SMILES string of the molecule is CCC(=O)OC1(c2ccccc2)CCN(CCCN2CNc3ccccc3C2=O)CC1. The van der Waals surface area contributed by atoms with Crippen molar-refractivity contribution in [3.05, 3.63) is 65.7 Å². The molecule has 2 aromatic rings. The molecule has 0 aromatic heterocycles. The lowest BCUT2D eigenvalue weighted by molar-refractivity contribution is -0.166. The first-order chi connectivity index (χ1) is 15.1. The van der Waals surface area contributed by atoms with Gasteiger partial charge in [-0.05, 0) is 30.7 Å². The molecular formula is C25H31N3O3. The number of benzene rings is 2. The molecule has 0 saturated carbocycles. The van der Waals surface area contributed by atoms with Crippen molar-refractivity contribution in [2.45, 2.75) is 38.2 Å². The monoisotopic (exact) mass is 421 g/mol. The third kappa shape index (κ3) is 4.74. The number of hydrogen-bond acceptors (Lipinski definition) is 5. The second-order valence-corrected chi connectivity index (χ2v) is 8.33. The number of carbonyl (C=O) groups excluding carboxylic acids is 2. The van der Waals surface area contributed by atoms with Crippen LogP contribution in [0, 0.1) is 0 Å². The second kappa shape index (κ2) is 9.52. The Morgan fingerprint density at radius 1 is 1.03 bits per heavy atom. The van der Waals surface area contributed by atoms with Gasteiger partial charge in [-0.1, -0.05) is 49.4 Å². The molecule has 6 heteroatoms. The highest BCUT2D eigenvalue weighted by Gasteiger charge is 2.39. The molecule has 164 valence electrons. The molecule has 0 unspecified atom stereocenters. The molecular weight excluding hydrogens is 390 g/mol. The molecule has 0 atom stereocenters. The Kier molecular flexibility index (Phi) is 6.56. The van der Waals surface area contributed by atoms with E-state index in [9.17, 15) is 9.59 Å². The number of anilines is 1. The zero-order valence-corrected chi connectivity index (χ0v) is 18.2. The zero-order chi connectivity index (χ0) is 21.7. The number of rotatable bonds is 7. The quantitative estimate of drug-likeness (QED) is 0.688. The standard InChI is InChI=1S/C25H31N3O3/c1-2-23(29)31-25(20-9-4-3-5-10-20)13-17-27(18-14-25)15-8-16-28-19-26-22-12-7-6-11-21(22)24(28)30/h3-7,9-12,26H,2,8,13-19H2,1H3. The van der Waals surface area contributed by atoms with Crippen molar-refractivity contribution in [1.29, 1.82) is 0 Å². The van der Waals surface area contributed by atoms with Crippen LogP contribution in [0.1, 0.15) is 48.5 Å². The van der Waals surface area contributed by atoms with Gasteiger partial charge in [-0.25, -0.2) is 0 Å². The molecule has 0 bridgehead atoms. The number of ether oxygens (including phenoxy) is 1. The second-order valence-electron chi connectivity index (χ2n) is 8.33. The predicted octanol–water partition coefficient (Wildman–Crippen LogP) is 3.85. The van der Waals surface area contributed by atoms with Gasteiger partial charge in [0.1, 0.15) is 5.60 Å². The maximum Gasteiger partial charge on any atom is 0.306 e. The van der Waals surface area contributed by atoms with Crippen molar-refractivity contribution in [2.75, 3.05) is 38.2 Å². The molecule has 1 amide bonds. The molecule has 1 saturated heterocycles. The number of esters is 1. The third-order valence-corrected chi connectivity index (χ3v) is 6.37. The summed E-state index contributed by atoms with van der Waals surface area (Å²) < 4.78 is 5.98. The lowest BCUT2D eigenvalue weighted by Gasteiger charge is -2.41. The smallest absolute Gasteiger partial charge is 0.306 e. The Morgan fingerprint density at radius 2 is 1.74 bits per heavy atom. The van der Waals surface area contributed by atoms with E-state index < -0.39 is 5.60 Å². The van der Waals surface area contributed by atoms with Gasteiger partial charge < -0.3 is 19.9 Å². The van der Waals surface area contributed by atoms with Gasteiger partial charge in [-0.3, -0.25) is 9.59 Å². The van der Waals surface area contributed by atoms with E-state index in [-0.39, 0.29) is 11.9 Å². The number of carbonyl (C=O) groups is 2. The number of nitrogens with one attached hydrogen (secondary N) is 1. The van der Waals surface area contributed by atoms with Gasteiger partial charge in [0.05, 0.1) is 12.2 Å². The van der Waals surface area contributed by atoms with Crippen LogP contribution in [0.15, 0.2) is 54.6 Å². The van der Waals surface area contributed by atoms with Crippen LogP contribution in [0.2, 0.25) is 0 Å². The normalized spacial score (nSPS) is 18.2. The Bertz CT molecular complexity index is 907. The molecule has 31 heavy (non-hydrogen) atoms. The van der Waals surface area contributed by atoms with Gasteiger partial charge in [0, 0.05) is 44.6 Å². The van der Waals surface area contributed by atoms with Crippen LogP contribution in [0.3, 0.4) is 0 Å². The van der Waals surface area contributed by atoms with Crippen LogP contribution < -0.4 is 5.32 Å². The number of para-hydroxylation sites is 1. The Labute approximate surface area is 184 Å². The number of hydrogen-bond donors (Lipinski definition) is 1. The highest BCUT2D eigenvalue weighted by Crippen LogP contribution is 2.37. The molecule has 0 aliphatic carbocycles. The van der Waals surface area contributed by atoms with Gasteiger partial charge in [0.15, 0.2) is 0 Å². The van der Waals surface area contributed by atoms with Gasteiger partial charge in [-0.2, -0.15) is 0 Å². The van der Waals surface area contributed by atoms with Crippen LogP contribution in [0.4, 0.5) is 5.69 Å². The Morgan fingerprint density at radius 3 is 2.48 bits per heavy atom. The topological polar surface area (TPSA) is 61.9 Å². The summed E-state index contributed by atoms with van der Waals surface area (Å²) in [4.78, 5) is 29.1. The first kappa shape index (κ1) is 21.4. The van der Waals surface area contributed by atoms with E-state index in [4.69, 9.17) is 4.74 Å². The van der Waals surface area contributed by atoms with E-state index in [1.54, 1.807) is 0 Å². The summed E-state index contributed by atoms with van der Waals surface area (Å²) in [5, 5.41) is 3.33. The number of likely N-dealkylation sites (tertiary alicyclic amines) is 1. The lowest BCUT2D eigenvalue weighted by atomic mass is 9.84. The maximum absolute atomic E-state index is 12.7. The average Bonchev–Trinajstić information content (AvgIpc) is 2.82. The van der Waals surface area contributed by atoms with Crippen molar-refractivity contribution in [3.8, 4) is 0 Å².